The van der Waals surface area contributed by atoms with Crippen molar-refractivity contribution < 1.29 is 4.42 Å². The SMILES string of the molecule is CCc1nc(Br)cc(-c2ccco2)n1. The predicted octanol–water partition coefficient (Wildman–Crippen LogP) is 3.06. The fraction of sp³-hybridized carbons (Fsp3) is 0.200. The number of aryl methyl sites for hydroxylation is 1. The molecule has 0 aliphatic heterocycles. The standard InChI is InChI=1S/C10H9BrN2O/c1-2-10-12-7(6-9(11)13-10)8-4-3-5-14-8/h3-6H,2H2,1H3. The van der Waals surface area contributed by atoms with E-state index in [4.69, 9.17) is 4.42 Å². The number of furan rings is 1. The van der Waals surface area contributed by atoms with Crippen LogP contribution in [0.5, 0.6) is 0 Å². The van der Waals surface area contributed by atoms with Gasteiger partial charge in [0, 0.05) is 12.5 Å². The van der Waals surface area contributed by atoms with Gasteiger partial charge in [0.2, 0.25) is 0 Å². The van der Waals surface area contributed by atoms with Crippen molar-refractivity contribution in [1.29, 1.82) is 0 Å². The molecule has 14 heavy (non-hydrogen) atoms. The van der Waals surface area contributed by atoms with Crippen molar-refractivity contribution in [2.24, 2.45) is 0 Å². The van der Waals surface area contributed by atoms with Crippen LogP contribution >= 0.6 is 15.9 Å². The summed E-state index contributed by atoms with van der Waals surface area (Å²) in [6, 6.07) is 5.57. The summed E-state index contributed by atoms with van der Waals surface area (Å²) < 4.78 is 6.05. The summed E-state index contributed by atoms with van der Waals surface area (Å²) >= 11 is 3.35. The molecule has 0 atom stereocenters. The Hall–Kier alpha value is -1.16. The van der Waals surface area contributed by atoms with Gasteiger partial charge < -0.3 is 4.42 Å². The second-order valence-electron chi connectivity index (χ2n) is 2.82. The minimum atomic E-state index is 0.766. The van der Waals surface area contributed by atoms with Crippen molar-refractivity contribution in [3.8, 4) is 11.5 Å². The van der Waals surface area contributed by atoms with Gasteiger partial charge in [-0.15, -0.1) is 0 Å². The highest BCUT2D eigenvalue weighted by atomic mass is 79.9. The van der Waals surface area contributed by atoms with Gasteiger partial charge in [0.1, 0.15) is 16.1 Å². The second kappa shape index (κ2) is 3.92. The van der Waals surface area contributed by atoms with E-state index in [0.717, 1.165) is 28.3 Å². The van der Waals surface area contributed by atoms with Crippen LogP contribution < -0.4 is 0 Å². The highest BCUT2D eigenvalue weighted by Gasteiger charge is 2.05. The largest absolute Gasteiger partial charge is 0.463 e. The Morgan fingerprint density at radius 3 is 2.93 bits per heavy atom. The number of hydrogen-bond donors (Lipinski definition) is 0. The molecule has 2 heterocycles. The Balaban J connectivity index is 2.48. The zero-order valence-corrected chi connectivity index (χ0v) is 9.28. The highest BCUT2D eigenvalue weighted by Crippen LogP contribution is 2.20. The summed E-state index contributed by atoms with van der Waals surface area (Å²) in [7, 11) is 0. The summed E-state index contributed by atoms with van der Waals surface area (Å²) in [5.74, 6) is 1.58. The summed E-state index contributed by atoms with van der Waals surface area (Å²) in [6.45, 7) is 2.02. The molecule has 2 aromatic rings. The third-order valence-electron chi connectivity index (χ3n) is 1.83. The lowest BCUT2D eigenvalue weighted by Gasteiger charge is -2.00. The van der Waals surface area contributed by atoms with E-state index >= 15 is 0 Å². The average Bonchev–Trinajstić information content (AvgIpc) is 2.69. The van der Waals surface area contributed by atoms with E-state index < -0.39 is 0 Å². The van der Waals surface area contributed by atoms with E-state index in [1.165, 1.54) is 0 Å². The first kappa shape index (κ1) is 9.40. The molecule has 0 aromatic carbocycles. The van der Waals surface area contributed by atoms with Crippen LogP contribution in [0.2, 0.25) is 0 Å². The number of halogens is 1. The van der Waals surface area contributed by atoms with Crippen molar-refractivity contribution >= 4 is 15.9 Å². The maximum Gasteiger partial charge on any atom is 0.152 e. The minimum Gasteiger partial charge on any atom is -0.463 e. The number of aromatic nitrogens is 2. The smallest absolute Gasteiger partial charge is 0.152 e. The van der Waals surface area contributed by atoms with Crippen LogP contribution in [-0.4, -0.2) is 9.97 Å². The number of hydrogen-bond acceptors (Lipinski definition) is 3. The lowest BCUT2D eigenvalue weighted by Crippen LogP contribution is -1.94. The topological polar surface area (TPSA) is 38.9 Å². The van der Waals surface area contributed by atoms with Crippen LogP contribution in [0.15, 0.2) is 33.5 Å². The third kappa shape index (κ3) is 1.85. The number of rotatable bonds is 2. The first-order valence-corrected chi connectivity index (χ1v) is 5.16. The summed E-state index contributed by atoms with van der Waals surface area (Å²) in [4.78, 5) is 8.59. The lowest BCUT2D eigenvalue weighted by atomic mass is 10.3. The lowest BCUT2D eigenvalue weighted by molar-refractivity contribution is 0.579. The Bertz CT molecular complexity index is 426. The van der Waals surface area contributed by atoms with E-state index in [9.17, 15) is 0 Å². The molecule has 0 aliphatic carbocycles. The zero-order chi connectivity index (χ0) is 9.97. The minimum absolute atomic E-state index is 0.766. The molecular weight excluding hydrogens is 244 g/mol. The fourth-order valence-corrected chi connectivity index (χ4v) is 1.59. The van der Waals surface area contributed by atoms with Gasteiger partial charge >= 0.3 is 0 Å². The van der Waals surface area contributed by atoms with Crippen LogP contribution in [0.4, 0.5) is 0 Å². The van der Waals surface area contributed by atoms with Crippen molar-refractivity contribution in [3.63, 3.8) is 0 Å². The van der Waals surface area contributed by atoms with Crippen LogP contribution in [0.25, 0.3) is 11.5 Å². The summed E-state index contributed by atoms with van der Waals surface area (Å²) in [6.07, 6.45) is 2.45. The predicted molar refractivity (Wildman–Crippen MR) is 56.8 cm³/mol. The van der Waals surface area contributed by atoms with Gasteiger partial charge in [-0.1, -0.05) is 6.92 Å². The first-order chi connectivity index (χ1) is 6.79. The molecule has 3 nitrogen and oxygen atoms in total. The maximum absolute atomic E-state index is 5.26. The third-order valence-corrected chi connectivity index (χ3v) is 2.24. The highest BCUT2D eigenvalue weighted by molar-refractivity contribution is 9.10. The molecule has 0 spiro atoms. The Kier molecular flexibility index (Phi) is 2.63. The molecule has 0 aliphatic rings. The monoisotopic (exact) mass is 252 g/mol. The van der Waals surface area contributed by atoms with Crippen molar-refractivity contribution in [1.82, 2.24) is 9.97 Å². The van der Waals surface area contributed by atoms with Gasteiger partial charge in [-0.05, 0) is 28.1 Å². The quantitative estimate of drug-likeness (QED) is 0.772. The molecule has 2 aromatic heterocycles. The molecule has 0 bridgehead atoms. The Morgan fingerprint density at radius 1 is 1.43 bits per heavy atom. The summed E-state index contributed by atoms with van der Waals surface area (Å²) in [5, 5.41) is 0. The molecule has 2 rings (SSSR count). The zero-order valence-electron chi connectivity index (χ0n) is 7.70. The molecule has 4 heteroatoms. The Labute approximate surface area is 90.3 Å². The molecule has 0 unspecified atom stereocenters. The van der Waals surface area contributed by atoms with Gasteiger partial charge in [0.25, 0.3) is 0 Å². The molecular formula is C10H9BrN2O. The molecule has 0 saturated heterocycles. The van der Waals surface area contributed by atoms with Crippen LogP contribution in [0.3, 0.4) is 0 Å². The van der Waals surface area contributed by atoms with E-state index in [2.05, 4.69) is 25.9 Å². The van der Waals surface area contributed by atoms with Crippen molar-refractivity contribution in [3.05, 3.63) is 34.9 Å². The number of nitrogens with zero attached hydrogens (tertiary/aromatic N) is 2. The van der Waals surface area contributed by atoms with Crippen LogP contribution in [0, 0.1) is 0 Å². The van der Waals surface area contributed by atoms with Gasteiger partial charge in [-0.25, -0.2) is 9.97 Å². The van der Waals surface area contributed by atoms with Crippen LogP contribution in [-0.2, 0) is 6.42 Å². The van der Waals surface area contributed by atoms with Gasteiger partial charge in [0.15, 0.2) is 5.76 Å². The first-order valence-electron chi connectivity index (χ1n) is 4.37. The molecule has 72 valence electrons. The van der Waals surface area contributed by atoms with Crippen LogP contribution in [0.1, 0.15) is 12.7 Å². The van der Waals surface area contributed by atoms with Gasteiger partial charge in [-0.3, -0.25) is 0 Å². The van der Waals surface area contributed by atoms with E-state index in [0.29, 0.717) is 0 Å². The van der Waals surface area contributed by atoms with E-state index in [1.807, 2.05) is 25.1 Å². The molecule has 0 saturated carbocycles. The second-order valence-corrected chi connectivity index (χ2v) is 3.64. The normalized spacial score (nSPS) is 10.4. The molecule has 0 radical (unpaired) electrons. The van der Waals surface area contributed by atoms with E-state index in [-0.39, 0.29) is 0 Å². The summed E-state index contributed by atoms with van der Waals surface area (Å²) in [5.41, 5.74) is 0.814. The van der Waals surface area contributed by atoms with E-state index in [1.54, 1.807) is 6.26 Å². The van der Waals surface area contributed by atoms with Crippen molar-refractivity contribution in [2.45, 2.75) is 13.3 Å². The van der Waals surface area contributed by atoms with Gasteiger partial charge in [0.05, 0.1) is 6.26 Å². The molecule has 0 amide bonds. The fourth-order valence-electron chi connectivity index (χ4n) is 1.17. The van der Waals surface area contributed by atoms with Crippen molar-refractivity contribution in [2.75, 3.05) is 0 Å². The average molecular weight is 253 g/mol. The molecule has 0 N–H and O–H groups in total. The molecule has 0 fully saturated rings. The maximum atomic E-state index is 5.26. The Morgan fingerprint density at radius 2 is 2.29 bits per heavy atom. The van der Waals surface area contributed by atoms with Gasteiger partial charge in [-0.2, -0.15) is 0 Å².